The zero-order chi connectivity index (χ0) is 28.0. The minimum Gasteiger partial charge on any atom is -0.361 e. The van der Waals surface area contributed by atoms with E-state index in [-0.39, 0.29) is 23.4 Å². The van der Waals surface area contributed by atoms with Crippen LogP contribution in [0.1, 0.15) is 82.3 Å². The number of amides is 1. The third-order valence-corrected chi connectivity index (χ3v) is 10.8. The fraction of sp³-hybridized carbons (Fsp3) is 0.688. The summed E-state index contributed by atoms with van der Waals surface area (Å²) in [6.07, 6.45) is 11.4. The number of fused-ring (bicyclic) bond motifs is 2. The van der Waals surface area contributed by atoms with Gasteiger partial charge in [0.15, 0.2) is 0 Å². The van der Waals surface area contributed by atoms with E-state index < -0.39 is 6.04 Å². The molecule has 8 nitrogen and oxygen atoms in total. The number of benzene rings is 1. The van der Waals surface area contributed by atoms with Gasteiger partial charge < -0.3 is 26.3 Å². The SMILES string of the molecule is Cc1ccc2c([C@H]3CN(C4CCNCC4)[C@@H]4CCN(C(=N)C(NC(=O)[C@H](C)N)C5CCCCC5)[C@]34C)c[nH]c2c1. The fourth-order valence-corrected chi connectivity index (χ4v) is 8.62. The molecule has 0 spiro atoms. The summed E-state index contributed by atoms with van der Waals surface area (Å²) < 4.78 is 0. The van der Waals surface area contributed by atoms with Crippen molar-refractivity contribution in [1.82, 2.24) is 25.4 Å². The van der Waals surface area contributed by atoms with Crippen LogP contribution in [0.25, 0.3) is 10.9 Å². The summed E-state index contributed by atoms with van der Waals surface area (Å²) in [5.41, 5.74) is 9.61. The van der Waals surface area contributed by atoms with Gasteiger partial charge in [-0.25, -0.2) is 0 Å². The van der Waals surface area contributed by atoms with Gasteiger partial charge in [-0.2, -0.15) is 0 Å². The maximum Gasteiger partial charge on any atom is 0.237 e. The minimum absolute atomic E-state index is 0.146. The molecule has 4 aliphatic rings. The number of piperidine rings is 1. The van der Waals surface area contributed by atoms with Gasteiger partial charge in [0.2, 0.25) is 5.91 Å². The maximum absolute atomic E-state index is 12.9. The Morgan fingerprint density at radius 2 is 1.90 bits per heavy atom. The molecule has 6 N–H and O–H groups in total. The molecule has 4 heterocycles. The Morgan fingerprint density at radius 1 is 1.15 bits per heavy atom. The Morgan fingerprint density at radius 3 is 2.62 bits per heavy atom. The third kappa shape index (κ3) is 4.76. The lowest BCUT2D eigenvalue weighted by Crippen LogP contribution is -2.61. The van der Waals surface area contributed by atoms with Crippen LogP contribution in [0.3, 0.4) is 0 Å². The standard InChI is InChI=1S/C32H49N7O/c1-20-9-10-24-25(18-36-27(24)17-20)26-19-38(23-11-14-35-15-12-23)28-13-16-39(32(26,28)3)30(34)29(37-31(40)21(2)33)22-7-5-4-6-8-22/h9-10,17-18,21-23,26,28-29,34-36H,4-8,11-16,19,33H2,1-3H3,(H,37,40)/t21-,26+,28+,29?,32+/m0/s1. The predicted molar refractivity (Wildman–Crippen MR) is 162 cm³/mol. The number of nitrogens with two attached hydrogens (primary N) is 1. The molecule has 6 rings (SSSR count). The number of nitrogens with zero attached hydrogens (tertiary/aromatic N) is 2. The first-order chi connectivity index (χ1) is 19.3. The van der Waals surface area contributed by atoms with E-state index in [1.807, 2.05) is 0 Å². The van der Waals surface area contributed by atoms with E-state index in [2.05, 4.69) is 63.7 Å². The highest BCUT2D eigenvalue weighted by Gasteiger charge is 2.60. The first kappa shape index (κ1) is 27.7. The Kier molecular flexibility index (Phi) is 7.70. The highest BCUT2D eigenvalue weighted by molar-refractivity contribution is 5.92. The van der Waals surface area contributed by atoms with Gasteiger partial charge in [-0.1, -0.05) is 31.4 Å². The minimum atomic E-state index is -0.579. The number of aromatic nitrogens is 1. The molecule has 1 aromatic carbocycles. The van der Waals surface area contributed by atoms with Crippen molar-refractivity contribution < 1.29 is 4.79 Å². The molecule has 3 saturated heterocycles. The number of amidine groups is 1. The monoisotopic (exact) mass is 547 g/mol. The molecular formula is C32H49N7O. The molecule has 1 saturated carbocycles. The van der Waals surface area contributed by atoms with Gasteiger partial charge in [0.25, 0.3) is 0 Å². The van der Waals surface area contributed by atoms with Gasteiger partial charge in [-0.3, -0.25) is 15.1 Å². The smallest absolute Gasteiger partial charge is 0.237 e. The van der Waals surface area contributed by atoms with Crippen LogP contribution in [0.4, 0.5) is 0 Å². The predicted octanol–water partition coefficient (Wildman–Crippen LogP) is 3.85. The van der Waals surface area contributed by atoms with E-state index in [1.165, 1.54) is 54.1 Å². The molecule has 218 valence electrons. The van der Waals surface area contributed by atoms with Crippen molar-refractivity contribution in [3.05, 3.63) is 35.5 Å². The Hall–Kier alpha value is -2.42. The molecule has 2 aromatic rings. The van der Waals surface area contributed by atoms with Gasteiger partial charge in [0, 0.05) is 48.2 Å². The van der Waals surface area contributed by atoms with Crippen LogP contribution < -0.4 is 16.4 Å². The number of H-pyrrole nitrogens is 1. The first-order valence-electron chi connectivity index (χ1n) is 15.7. The van der Waals surface area contributed by atoms with Crippen molar-refractivity contribution in [3.8, 4) is 0 Å². The van der Waals surface area contributed by atoms with Crippen LogP contribution in [0.5, 0.6) is 0 Å². The van der Waals surface area contributed by atoms with Crippen molar-refractivity contribution in [1.29, 1.82) is 5.41 Å². The van der Waals surface area contributed by atoms with Crippen molar-refractivity contribution in [2.75, 3.05) is 26.2 Å². The van der Waals surface area contributed by atoms with E-state index in [9.17, 15) is 10.2 Å². The topological polar surface area (TPSA) is 113 Å². The molecule has 1 aliphatic carbocycles. The number of likely N-dealkylation sites (tertiary alicyclic amines) is 2. The second kappa shape index (κ2) is 11.1. The van der Waals surface area contributed by atoms with E-state index in [4.69, 9.17) is 5.73 Å². The molecule has 4 fully saturated rings. The molecule has 0 bridgehead atoms. The van der Waals surface area contributed by atoms with Gasteiger partial charge in [-0.15, -0.1) is 0 Å². The van der Waals surface area contributed by atoms with Gasteiger partial charge in [0.05, 0.1) is 17.6 Å². The van der Waals surface area contributed by atoms with Crippen LogP contribution in [0.2, 0.25) is 0 Å². The lowest BCUT2D eigenvalue weighted by Gasteiger charge is -2.45. The van der Waals surface area contributed by atoms with Crippen LogP contribution in [-0.4, -0.2) is 82.4 Å². The van der Waals surface area contributed by atoms with E-state index >= 15 is 0 Å². The highest BCUT2D eigenvalue weighted by atomic mass is 16.2. The summed E-state index contributed by atoms with van der Waals surface area (Å²) in [6.45, 7) is 10.3. The van der Waals surface area contributed by atoms with E-state index in [1.54, 1.807) is 6.92 Å². The second-order valence-electron chi connectivity index (χ2n) is 13.3. The van der Waals surface area contributed by atoms with Crippen LogP contribution in [0, 0.1) is 18.3 Å². The lowest BCUT2D eigenvalue weighted by atomic mass is 9.78. The van der Waals surface area contributed by atoms with E-state index in [0.29, 0.717) is 23.8 Å². The maximum atomic E-state index is 12.9. The summed E-state index contributed by atoms with van der Waals surface area (Å²) in [7, 11) is 0. The Labute approximate surface area is 239 Å². The van der Waals surface area contributed by atoms with Crippen LogP contribution >= 0.6 is 0 Å². The molecule has 3 aliphatic heterocycles. The largest absolute Gasteiger partial charge is 0.361 e. The van der Waals surface area contributed by atoms with E-state index in [0.717, 1.165) is 45.4 Å². The number of aromatic amines is 1. The van der Waals surface area contributed by atoms with Gasteiger partial charge in [0.1, 0.15) is 5.84 Å². The average Bonchev–Trinajstić information content (AvgIpc) is 3.61. The molecular weight excluding hydrogens is 498 g/mol. The molecule has 1 unspecified atom stereocenters. The number of hydrogen-bond donors (Lipinski definition) is 5. The van der Waals surface area contributed by atoms with Crippen molar-refractivity contribution in [2.24, 2.45) is 11.7 Å². The quantitative estimate of drug-likeness (QED) is 0.279. The number of nitrogens with one attached hydrogen (secondary N) is 4. The second-order valence-corrected chi connectivity index (χ2v) is 13.3. The summed E-state index contributed by atoms with van der Waals surface area (Å²) >= 11 is 0. The normalized spacial score (nSPS) is 29.9. The molecule has 0 radical (unpaired) electrons. The number of carbonyl (C=O) groups excluding carboxylic acids is 1. The third-order valence-electron chi connectivity index (χ3n) is 10.8. The van der Waals surface area contributed by atoms with Crippen LogP contribution in [-0.2, 0) is 4.79 Å². The Balaban J connectivity index is 1.38. The van der Waals surface area contributed by atoms with Gasteiger partial charge in [-0.05, 0) is 89.1 Å². The van der Waals surface area contributed by atoms with Crippen molar-refractivity contribution in [2.45, 2.75) is 108 Å². The average molecular weight is 548 g/mol. The Bertz CT molecular complexity index is 1230. The number of hydrogen-bond acceptors (Lipinski definition) is 5. The summed E-state index contributed by atoms with van der Waals surface area (Å²) in [5.74, 6) is 1.01. The molecule has 5 atom stereocenters. The van der Waals surface area contributed by atoms with Crippen molar-refractivity contribution in [3.63, 3.8) is 0 Å². The first-order valence-corrected chi connectivity index (χ1v) is 15.7. The highest BCUT2D eigenvalue weighted by Crippen LogP contribution is 2.52. The van der Waals surface area contributed by atoms with Crippen LogP contribution in [0.15, 0.2) is 24.4 Å². The molecule has 1 amide bonds. The molecule has 40 heavy (non-hydrogen) atoms. The fourth-order valence-electron chi connectivity index (χ4n) is 8.62. The lowest BCUT2D eigenvalue weighted by molar-refractivity contribution is -0.122. The van der Waals surface area contributed by atoms with Gasteiger partial charge >= 0.3 is 0 Å². The van der Waals surface area contributed by atoms with Crippen molar-refractivity contribution >= 4 is 22.6 Å². The molecule has 8 heteroatoms. The summed E-state index contributed by atoms with van der Waals surface area (Å²) in [5, 5.41) is 17.9. The number of rotatable bonds is 6. The summed E-state index contributed by atoms with van der Waals surface area (Å²) in [4.78, 5) is 21.7. The number of aryl methyl sites for hydroxylation is 1. The zero-order valence-corrected chi connectivity index (χ0v) is 24.6. The molecule has 1 aromatic heterocycles. The number of carbonyl (C=O) groups is 1. The summed E-state index contributed by atoms with van der Waals surface area (Å²) in [6, 6.07) is 6.83. The zero-order valence-electron chi connectivity index (χ0n) is 24.6.